The van der Waals surface area contributed by atoms with Crippen molar-refractivity contribution in [3.63, 3.8) is 0 Å². The normalized spacial score (nSPS) is 11.3. The predicted octanol–water partition coefficient (Wildman–Crippen LogP) is 8.03. The molecule has 2 amide bonds. The molecule has 0 saturated heterocycles. The van der Waals surface area contributed by atoms with Gasteiger partial charge < -0.3 is 24.8 Å². The average Bonchev–Trinajstić information content (AvgIpc) is 3.12. The molecule has 2 aromatic rings. The fourth-order valence-electron chi connectivity index (χ4n) is 4.25. The van der Waals surface area contributed by atoms with E-state index in [9.17, 15) is 28.0 Å². The lowest BCUT2D eigenvalue weighted by Gasteiger charge is -2.17. The Hall–Kier alpha value is -2.71. The predicted molar refractivity (Wildman–Crippen MR) is 199 cm³/mol. The Morgan fingerprint density at radius 3 is 1.57 bits per heavy atom. The van der Waals surface area contributed by atoms with E-state index in [1.165, 1.54) is 19.2 Å². The van der Waals surface area contributed by atoms with Crippen LogP contribution in [0.15, 0.2) is 48.5 Å². The second-order valence-corrected chi connectivity index (χ2v) is 12.6. The van der Waals surface area contributed by atoms with E-state index in [0.29, 0.717) is 39.4 Å². The van der Waals surface area contributed by atoms with E-state index in [2.05, 4.69) is 47.1 Å². The number of ketones is 1. The molecule has 0 aliphatic rings. The minimum Gasteiger partial charge on any atom is -0.491 e. The highest BCUT2D eigenvalue weighted by molar-refractivity contribution is 14.1. The van der Waals surface area contributed by atoms with Crippen molar-refractivity contribution < 1.29 is 42.2 Å². The van der Waals surface area contributed by atoms with Gasteiger partial charge >= 0.3 is 5.97 Å². The number of rotatable bonds is 21. The summed E-state index contributed by atoms with van der Waals surface area (Å²) in [6, 6.07) is 11.6. The first-order chi connectivity index (χ1) is 23.6. The van der Waals surface area contributed by atoms with Crippen LogP contribution in [0.4, 0.5) is 8.78 Å². The highest BCUT2D eigenvalue weighted by atomic mass is 127. The quantitative estimate of drug-likeness (QED) is 0.0566. The zero-order chi connectivity index (χ0) is 36.9. The lowest BCUT2D eigenvalue weighted by Crippen LogP contribution is -2.41. The number of amides is 2. The Labute approximate surface area is 312 Å². The minimum absolute atomic E-state index is 0.0601. The molecule has 0 aromatic heterocycles. The molecule has 14 heteroatoms. The Balaban J connectivity index is 0.000000870. The maximum absolute atomic E-state index is 12.3. The van der Waals surface area contributed by atoms with Gasteiger partial charge in [0.1, 0.15) is 44.1 Å². The zero-order valence-electron chi connectivity index (χ0n) is 28.4. The molecule has 0 spiro atoms. The molecule has 2 aromatic carbocycles. The second-order valence-electron chi connectivity index (χ2n) is 10.4. The van der Waals surface area contributed by atoms with E-state index in [1.54, 1.807) is 36.4 Å². The SMILES string of the molecule is CCCCC[C@H](NC(=O)c1cccc(OCCF)c1)C(=O)CCl.CCCCC[C@H](NC(=O)c1cccc(OCCF)c1)C(=O)OC.ClCI. The van der Waals surface area contributed by atoms with Crippen LogP contribution in [0.25, 0.3) is 0 Å². The van der Waals surface area contributed by atoms with Gasteiger partial charge in [0, 0.05) is 11.1 Å². The molecule has 0 unspecified atom stereocenters. The van der Waals surface area contributed by atoms with Crippen LogP contribution in [0.5, 0.6) is 11.5 Å². The largest absolute Gasteiger partial charge is 0.491 e. The molecule has 0 radical (unpaired) electrons. The van der Waals surface area contributed by atoms with E-state index >= 15 is 0 Å². The van der Waals surface area contributed by atoms with Crippen molar-refractivity contribution >= 4 is 69.4 Å². The van der Waals surface area contributed by atoms with Crippen LogP contribution in [0.3, 0.4) is 0 Å². The van der Waals surface area contributed by atoms with Gasteiger partial charge in [-0.05, 0) is 49.2 Å². The Morgan fingerprint density at radius 1 is 0.755 bits per heavy atom. The number of hydrogen-bond donors (Lipinski definition) is 2. The van der Waals surface area contributed by atoms with Crippen LogP contribution < -0.4 is 20.1 Å². The van der Waals surface area contributed by atoms with Gasteiger partial charge in [0.15, 0.2) is 5.78 Å². The van der Waals surface area contributed by atoms with Gasteiger partial charge in [0.05, 0.1) is 22.9 Å². The molecule has 0 bridgehead atoms. The summed E-state index contributed by atoms with van der Waals surface area (Å²) in [5.41, 5.74) is 0.718. The van der Waals surface area contributed by atoms with E-state index < -0.39 is 31.4 Å². The summed E-state index contributed by atoms with van der Waals surface area (Å²) in [6.07, 6.45) is 6.82. The van der Waals surface area contributed by atoms with Gasteiger partial charge in [0.2, 0.25) is 0 Å². The first-order valence-electron chi connectivity index (χ1n) is 16.1. The summed E-state index contributed by atoms with van der Waals surface area (Å²) in [6.45, 7) is 2.81. The van der Waals surface area contributed by atoms with Gasteiger partial charge in [-0.15, -0.1) is 23.2 Å². The fourth-order valence-corrected chi connectivity index (χ4v) is 4.43. The monoisotopic (exact) mass is 844 g/mol. The number of unbranched alkanes of at least 4 members (excludes halogenated alkanes) is 4. The van der Waals surface area contributed by atoms with Crippen molar-refractivity contribution in [2.75, 3.05) is 43.4 Å². The van der Waals surface area contributed by atoms with Crippen LogP contribution in [0, 0.1) is 0 Å². The number of methoxy groups -OCH3 is 1. The molecule has 0 aliphatic heterocycles. The third-order valence-corrected chi connectivity index (χ3v) is 6.96. The third-order valence-electron chi connectivity index (χ3n) is 6.69. The lowest BCUT2D eigenvalue weighted by atomic mass is 10.0. The van der Waals surface area contributed by atoms with Crippen LogP contribution in [-0.4, -0.2) is 79.1 Å². The maximum atomic E-state index is 12.3. The highest BCUT2D eigenvalue weighted by Gasteiger charge is 2.22. The van der Waals surface area contributed by atoms with E-state index in [4.69, 9.17) is 37.4 Å². The van der Waals surface area contributed by atoms with Gasteiger partial charge in [0.25, 0.3) is 11.8 Å². The standard InChI is InChI=1S/C17H23ClFNO3.C17H24FNO4.CH2ClI/c1-2-3-4-8-15(16(21)12-18)20-17(22)13-6-5-7-14(11-13)23-10-9-19;1-3-4-5-9-15(17(21)22-2)19-16(20)13-7-6-8-14(12-13)23-11-10-18;2-1-3/h5-7,11,15H,2-4,8-10,12H2,1H3,(H,20,22);6-8,12,15H,3-5,9-11H2,1-2H3,(H,19,20);1H2/t2*15-;/m00./s1. The van der Waals surface area contributed by atoms with Gasteiger partial charge in [-0.1, -0.05) is 87.1 Å². The summed E-state index contributed by atoms with van der Waals surface area (Å²) in [4.78, 5) is 48.2. The summed E-state index contributed by atoms with van der Waals surface area (Å²) in [7, 11) is 1.30. The summed E-state index contributed by atoms with van der Waals surface area (Å²) < 4.78 is 40.0. The molecule has 9 nitrogen and oxygen atoms in total. The van der Waals surface area contributed by atoms with Gasteiger partial charge in [-0.2, -0.15) is 0 Å². The van der Waals surface area contributed by atoms with Crippen LogP contribution in [0.1, 0.15) is 85.9 Å². The molecular formula is C35H49Cl2F2IN2O7. The second kappa shape index (κ2) is 30.1. The number of benzene rings is 2. The fraction of sp³-hybridized carbons (Fsp3) is 0.543. The topological polar surface area (TPSA) is 120 Å². The first-order valence-corrected chi connectivity index (χ1v) is 18.7. The molecule has 49 heavy (non-hydrogen) atoms. The van der Waals surface area contributed by atoms with Gasteiger partial charge in [-0.3, -0.25) is 14.4 Å². The molecule has 0 saturated carbocycles. The van der Waals surface area contributed by atoms with Crippen LogP contribution in [0.2, 0.25) is 0 Å². The maximum Gasteiger partial charge on any atom is 0.328 e. The summed E-state index contributed by atoms with van der Waals surface area (Å²) in [5.74, 6) is -0.701. The highest BCUT2D eigenvalue weighted by Crippen LogP contribution is 2.16. The lowest BCUT2D eigenvalue weighted by molar-refractivity contribution is -0.143. The van der Waals surface area contributed by atoms with Crippen molar-refractivity contribution in [3.8, 4) is 11.5 Å². The number of nitrogens with one attached hydrogen (secondary N) is 2. The molecule has 0 aliphatic carbocycles. The number of halogens is 5. The molecule has 2 N–H and O–H groups in total. The number of esters is 1. The molecule has 0 heterocycles. The first kappa shape index (κ1) is 46.3. The Bertz CT molecular complexity index is 1140. The zero-order valence-corrected chi connectivity index (χ0v) is 32.1. The Morgan fingerprint density at radius 2 is 1.18 bits per heavy atom. The molecule has 0 fully saturated rings. The molecule has 276 valence electrons. The molecular weight excluding hydrogens is 796 g/mol. The molecule has 2 atom stereocenters. The minimum atomic E-state index is -0.672. The van der Waals surface area contributed by atoms with E-state index in [-0.39, 0.29) is 36.7 Å². The average molecular weight is 846 g/mol. The van der Waals surface area contributed by atoms with E-state index in [0.717, 1.165) is 38.5 Å². The Kier molecular flexibility index (Phi) is 28.5. The summed E-state index contributed by atoms with van der Waals surface area (Å²) in [5, 5.41) is 5.41. The number of Topliss-reactive ketones (excluding diaryl/α,β-unsaturated/α-hetero) is 1. The van der Waals surface area contributed by atoms with Crippen molar-refractivity contribution in [2.24, 2.45) is 0 Å². The smallest absolute Gasteiger partial charge is 0.328 e. The number of carbonyl (C=O) groups excluding carboxylic acids is 4. The van der Waals surface area contributed by atoms with Crippen molar-refractivity contribution in [1.82, 2.24) is 10.6 Å². The summed E-state index contributed by atoms with van der Waals surface area (Å²) >= 11 is 12.7. The van der Waals surface area contributed by atoms with Gasteiger partial charge in [-0.25, -0.2) is 13.6 Å². The molecule has 2 rings (SSSR count). The van der Waals surface area contributed by atoms with Crippen LogP contribution in [-0.2, 0) is 14.3 Å². The third kappa shape index (κ3) is 21.2. The van der Waals surface area contributed by atoms with Crippen molar-refractivity contribution in [2.45, 2.75) is 77.3 Å². The number of ether oxygens (including phenoxy) is 3. The van der Waals surface area contributed by atoms with E-state index in [1.807, 2.05) is 0 Å². The number of hydrogen-bond acceptors (Lipinski definition) is 7. The van der Waals surface area contributed by atoms with Crippen molar-refractivity contribution in [3.05, 3.63) is 59.7 Å². The van der Waals surface area contributed by atoms with Crippen molar-refractivity contribution in [1.29, 1.82) is 0 Å². The number of alkyl halides is 5. The number of carbonyl (C=O) groups is 4. The van der Waals surface area contributed by atoms with Crippen LogP contribution >= 0.6 is 45.8 Å².